The Morgan fingerprint density at radius 3 is 2.72 bits per heavy atom. The van der Waals surface area contributed by atoms with E-state index >= 15 is 0 Å². The third-order valence-electron chi connectivity index (χ3n) is 5.49. The molecule has 2 aliphatic heterocycles. The van der Waals surface area contributed by atoms with Crippen LogP contribution in [0.2, 0.25) is 10.0 Å². The Morgan fingerprint density at radius 1 is 1.22 bits per heavy atom. The third-order valence-corrected chi connectivity index (χ3v) is 6.33. The molecule has 0 aliphatic carbocycles. The molecule has 2 aliphatic rings. The van der Waals surface area contributed by atoms with Crippen molar-refractivity contribution >= 4 is 52.7 Å². The molecule has 0 saturated carbocycles. The van der Waals surface area contributed by atoms with Crippen LogP contribution >= 0.6 is 23.2 Å². The molecule has 4 rings (SSSR count). The number of rotatable bonds is 4. The van der Waals surface area contributed by atoms with Gasteiger partial charge in [0.1, 0.15) is 12.6 Å². The standard InChI is InChI=1S/C22H19Cl2N3O5/c1-11-2-5-14(8-15(11)23)25-22(31)32-10-13-4-3-12-9-27(21(30)18(12)19(13)24)16-6-7-17(28)26-20(16)29/h2-5,8,16H,6-7,9-10H2,1H3,(H,25,31)(H,26,28,29). The number of halogens is 2. The molecule has 2 N–H and O–H groups in total. The number of nitrogens with zero attached hydrogens (tertiary/aromatic N) is 1. The van der Waals surface area contributed by atoms with Crippen LogP contribution in [-0.4, -0.2) is 34.8 Å². The fourth-order valence-electron chi connectivity index (χ4n) is 3.73. The molecule has 0 aromatic heterocycles. The fraction of sp³-hybridized carbons (Fsp3) is 0.273. The molecule has 2 aromatic carbocycles. The molecule has 0 spiro atoms. The fourth-order valence-corrected chi connectivity index (χ4v) is 4.23. The smallest absolute Gasteiger partial charge is 0.411 e. The van der Waals surface area contributed by atoms with E-state index in [2.05, 4.69) is 10.6 Å². The number of nitrogens with one attached hydrogen (secondary N) is 2. The second kappa shape index (κ2) is 8.80. The monoisotopic (exact) mass is 475 g/mol. The normalized spacial score (nSPS) is 17.8. The van der Waals surface area contributed by atoms with Gasteiger partial charge in [0.2, 0.25) is 11.8 Å². The Hall–Kier alpha value is -3.10. The minimum absolute atomic E-state index is 0.150. The molecule has 10 heteroatoms. The van der Waals surface area contributed by atoms with E-state index in [0.717, 1.165) is 5.56 Å². The van der Waals surface area contributed by atoms with E-state index in [0.29, 0.717) is 21.8 Å². The summed E-state index contributed by atoms with van der Waals surface area (Å²) >= 11 is 12.5. The van der Waals surface area contributed by atoms with Crippen molar-refractivity contribution in [2.45, 2.75) is 39.0 Å². The van der Waals surface area contributed by atoms with Gasteiger partial charge in [-0.1, -0.05) is 41.4 Å². The number of hydrogen-bond acceptors (Lipinski definition) is 5. The second-order valence-corrected chi connectivity index (χ2v) is 8.42. The van der Waals surface area contributed by atoms with Gasteiger partial charge in [0.15, 0.2) is 0 Å². The maximum absolute atomic E-state index is 13.0. The van der Waals surface area contributed by atoms with Gasteiger partial charge in [0.25, 0.3) is 5.91 Å². The van der Waals surface area contributed by atoms with Crippen molar-refractivity contribution < 1.29 is 23.9 Å². The number of anilines is 1. The number of ether oxygens (including phenoxy) is 1. The van der Waals surface area contributed by atoms with Crippen molar-refractivity contribution in [2.24, 2.45) is 0 Å². The highest BCUT2D eigenvalue weighted by molar-refractivity contribution is 6.35. The van der Waals surface area contributed by atoms with E-state index in [4.69, 9.17) is 27.9 Å². The average Bonchev–Trinajstić information content (AvgIpc) is 3.07. The first-order valence-corrected chi connectivity index (χ1v) is 10.6. The van der Waals surface area contributed by atoms with Crippen molar-refractivity contribution in [2.75, 3.05) is 5.32 Å². The number of amides is 4. The molecule has 1 atom stereocenters. The molecule has 166 valence electrons. The highest BCUT2D eigenvalue weighted by Crippen LogP contribution is 2.34. The molecular weight excluding hydrogens is 457 g/mol. The van der Waals surface area contributed by atoms with Gasteiger partial charge in [-0.05, 0) is 36.6 Å². The van der Waals surface area contributed by atoms with Crippen molar-refractivity contribution in [1.82, 2.24) is 10.2 Å². The van der Waals surface area contributed by atoms with E-state index < -0.39 is 18.0 Å². The summed E-state index contributed by atoms with van der Waals surface area (Å²) in [5.41, 5.74) is 2.78. The topological polar surface area (TPSA) is 105 Å². The SMILES string of the molecule is Cc1ccc(NC(=O)OCc2ccc3c(c2Cl)C(=O)N(C2CCC(=O)NC2=O)C3)cc1Cl. The quantitative estimate of drug-likeness (QED) is 0.654. The molecule has 4 amide bonds. The molecular formula is C22H19Cl2N3O5. The first-order valence-electron chi connectivity index (χ1n) is 9.89. The molecule has 32 heavy (non-hydrogen) atoms. The van der Waals surface area contributed by atoms with Crippen LogP contribution in [0, 0.1) is 6.92 Å². The molecule has 2 heterocycles. The predicted octanol–water partition coefficient (Wildman–Crippen LogP) is 3.81. The zero-order chi connectivity index (χ0) is 23.0. The van der Waals surface area contributed by atoms with E-state index in [1.807, 2.05) is 6.92 Å². The van der Waals surface area contributed by atoms with Crippen LogP contribution in [0.4, 0.5) is 10.5 Å². The van der Waals surface area contributed by atoms with Gasteiger partial charge in [-0.15, -0.1) is 0 Å². The van der Waals surface area contributed by atoms with Crippen LogP contribution in [0.25, 0.3) is 0 Å². The lowest BCUT2D eigenvalue weighted by atomic mass is 10.0. The Bertz CT molecular complexity index is 1150. The van der Waals surface area contributed by atoms with E-state index in [9.17, 15) is 19.2 Å². The number of benzene rings is 2. The predicted molar refractivity (Wildman–Crippen MR) is 117 cm³/mol. The van der Waals surface area contributed by atoms with E-state index in [1.165, 1.54) is 4.90 Å². The van der Waals surface area contributed by atoms with Gasteiger partial charge in [-0.25, -0.2) is 4.79 Å². The number of hydrogen-bond donors (Lipinski definition) is 2. The number of carbonyl (C=O) groups is 4. The van der Waals surface area contributed by atoms with Gasteiger partial charge in [-0.2, -0.15) is 0 Å². The van der Waals surface area contributed by atoms with Crippen LogP contribution in [0.15, 0.2) is 30.3 Å². The van der Waals surface area contributed by atoms with Gasteiger partial charge < -0.3 is 9.64 Å². The van der Waals surface area contributed by atoms with Crippen molar-refractivity contribution in [1.29, 1.82) is 0 Å². The summed E-state index contributed by atoms with van der Waals surface area (Å²) in [6, 6.07) is 7.76. The Morgan fingerprint density at radius 2 is 2.00 bits per heavy atom. The number of imide groups is 1. The summed E-state index contributed by atoms with van der Waals surface area (Å²) < 4.78 is 5.25. The minimum Gasteiger partial charge on any atom is -0.444 e. The first-order chi connectivity index (χ1) is 15.2. The average molecular weight is 476 g/mol. The lowest BCUT2D eigenvalue weighted by Crippen LogP contribution is -2.52. The largest absolute Gasteiger partial charge is 0.444 e. The van der Waals surface area contributed by atoms with Crippen LogP contribution in [0.3, 0.4) is 0 Å². The molecule has 8 nitrogen and oxygen atoms in total. The molecule has 1 fully saturated rings. The molecule has 0 bridgehead atoms. The number of carbonyl (C=O) groups excluding carboxylic acids is 4. The molecule has 1 saturated heterocycles. The Balaban J connectivity index is 1.43. The zero-order valence-electron chi connectivity index (χ0n) is 17.0. The summed E-state index contributed by atoms with van der Waals surface area (Å²) in [5.74, 6) is -1.23. The summed E-state index contributed by atoms with van der Waals surface area (Å²) in [5, 5.41) is 5.54. The van der Waals surface area contributed by atoms with Gasteiger partial charge in [0.05, 0.1) is 10.6 Å². The summed E-state index contributed by atoms with van der Waals surface area (Å²) in [6.07, 6.45) is -0.260. The number of aryl methyl sites for hydroxylation is 1. The van der Waals surface area contributed by atoms with Crippen LogP contribution in [0.1, 0.15) is 39.9 Å². The lowest BCUT2D eigenvalue weighted by Gasteiger charge is -2.29. The van der Waals surface area contributed by atoms with Crippen LogP contribution < -0.4 is 10.6 Å². The van der Waals surface area contributed by atoms with Crippen molar-refractivity contribution in [3.63, 3.8) is 0 Å². The summed E-state index contributed by atoms with van der Waals surface area (Å²) in [7, 11) is 0. The third kappa shape index (κ3) is 4.28. The van der Waals surface area contributed by atoms with Gasteiger partial charge in [0, 0.05) is 29.2 Å². The highest BCUT2D eigenvalue weighted by Gasteiger charge is 2.40. The zero-order valence-corrected chi connectivity index (χ0v) is 18.5. The lowest BCUT2D eigenvalue weighted by molar-refractivity contribution is -0.136. The van der Waals surface area contributed by atoms with Crippen LogP contribution in [-0.2, 0) is 27.5 Å². The van der Waals surface area contributed by atoms with E-state index in [1.54, 1.807) is 30.3 Å². The second-order valence-electron chi connectivity index (χ2n) is 7.64. The van der Waals surface area contributed by atoms with Gasteiger partial charge in [-0.3, -0.25) is 25.0 Å². The number of piperidine rings is 1. The molecule has 0 radical (unpaired) electrons. The Kier molecular flexibility index (Phi) is 6.08. The maximum Gasteiger partial charge on any atom is 0.411 e. The minimum atomic E-state index is -0.726. The summed E-state index contributed by atoms with van der Waals surface area (Å²) in [6.45, 7) is 1.92. The molecule has 2 aromatic rings. The number of fused-ring (bicyclic) bond motifs is 1. The summed E-state index contributed by atoms with van der Waals surface area (Å²) in [4.78, 5) is 50.1. The maximum atomic E-state index is 13.0. The van der Waals surface area contributed by atoms with Crippen LogP contribution in [0.5, 0.6) is 0 Å². The Labute approximate surface area is 193 Å². The van der Waals surface area contributed by atoms with Gasteiger partial charge >= 0.3 is 6.09 Å². The van der Waals surface area contributed by atoms with E-state index in [-0.39, 0.29) is 48.4 Å². The first kappa shape index (κ1) is 22.1. The highest BCUT2D eigenvalue weighted by atomic mass is 35.5. The molecule has 1 unspecified atom stereocenters. The van der Waals surface area contributed by atoms with Crippen molar-refractivity contribution in [3.05, 3.63) is 62.6 Å². The van der Waals surface area contributed by atoms with Crippen molar-refractivity contribution in [3.8, 4) is 0 Å².